The van der Waals surface area contributed by atoms with Gasteiger partial charge in [-0.2, -0.15) is 0 Å². The summed E-state index contributed by atoms with van der Waals surface area (Å²) in [6.07, 6.45) is 0. The minimum Gasteiger partial charge on any atom is -0.394 e. The summed E-state index contributed by atoms with van der Waals surface area (Å²) in [5, 5.41) is 8.77. The fraction of sp³-hybridized carbons (Fsp3) is 1.00. The molecule has 0 bridgehead atoms. The Hall–Kier alpha value is -0.320. The van der Waals surface area contributed by atoms with Crippen molar-refractivity contribution in [1.29, 1.82) is 0 Å². The fourth-order valence-electron chi connectivity index (χ4n) is 2.54. The number of likely N-dealkylation sites (N-methyl/N-ethyl adjacent to an activating group) is 1. The van der Waals surface area contributed by atoms with Crippen LogP contribution in [0.5, 0.6) is 0 Å². The second-order valence-corrected chi connectivity index (χ2v) is 6.06. The van der Waals surface area contributed by atoms with Crippen LogP contribution in [-0.2, 0) is 23.7 Å². The lowest BCUT2D eigenvalue weighted by Gasteiger charge is -2.23. The van der Waals surface area contributed by atoms with Crippen molar-refractivity contribution in [3.63, 3.8) is 0 Å². The summed E-state index contributed by atoms with van der Waals surface area (Å²) >= 11 is 0. The Morgan fingerprint density at radius 3 is 1.58 bits per heavy atom. The monoisotopic (exact) mass is 378 g/mol. The SMILES string of the molecule is CCN1CCOCCOCCN(CCOCCO)CCOCCOCC1. The smallest absolute Gasteiger partial charge is 0.0701 e. The van der Waals surface area contributed by atoms with Crippen molar-refractivity contribution in [3.8, 4) is 0 Å². The van der Waals surface area contributed by atoms with Crippen molar-refractivity contribution in [2.45, 2.75) is 6.92 Å². The Kier molecular flexibility index (Phi) is 16.5. The lowest BCUT2D eigenvalue weighted by molar-refractivity contribution is 0.00356. The zero-order valence-electron chi connectivity index (χ0n) is 16.4. The molecule has 0 aliphatic carbocycles. The molecule has 1 fully saturated rings. The highest BCUT2D eigenvalue weighted by Crippen LogP contribution is 1.94. The molecule has 1 heterocycles. The van der Waals surface area contributed by atoms with E-state index < -0.39 is 0 Å². The van der Waals surface area contributed by atoms with Gasteiger partial charge in [-0.3, -0.25) is 9.80 Å². The van der Waals surface area contributed by atoms with Crippen LogP contribution >= 0.6 is 0 Å². The molecule has 0 spiro atoms. The number of aliphatic hydroxyl groups excluding tert-OH is 1. The minimum atomic E-state index is 0.0578. The minimum absolute atomic E-state index is 0.0578. The molecule has 8 heteroatoms. The summed E-state index contributed by atoms with van der Waals surface area (Å²) in [5.41, 5.74) is 0. The van der Waals surface area contributed by atoms with Crippen LogP contribution < -0.4 is 0 Å². The van der Waals surface area contributed by atoms with Gasteiger partial charge in [0.15, 0.2) is 0 Å². The highest BCUT2D eigenvalue weighted by Gasteiger charge is 2.06. The Balaban J connectivity index is 2.28. The molecule has 0 saturated carbocycles. The highest BCUT2D eigenvalue weighted by atomic mass is 16.5. The second kappa shape index (κ2) is 18.1. The van der Waals surface area contributed by atoms with Crippen molar-refractivity contribution in [2.75, 3.05) is 112 Å². The maximum atomic E-state index is 8.77. The molecule has 1 aliphatic heterocycles. The van der Waals surface area contributed by atoms with E-state index in [0.29, 0.717) is 66.1 Å². The van der Waals surface area contributed by atoms with Crippen molar-refractivity contribution in [2.24, 2.45) is 0 Å². The van der Waals surface area contributed by atoms with Crippen LogP contribution in [0.15, 0.2) is 0 Å². The Labute approximate surface area is 158 Å². The summed E-state index contributed by atoms with van der Waals surface area (Å²) < 4.78 is 28.0. The highest BCUT2D eigenvalue weighted by molar-refractivity contribution is 4.58. The molecular formula is C18H38N2O6. The third kappa shape index (κ3) is 13.8. The number of aliphatic hydroxyl groups is 1. The first-order chi connectivity index (χ1) is 12.9. The van der Waals surface area contributed by atoms with Crippen molar-refractivity contribution in [1.82, 2.24) is 9.80 Å². The van der Waals surface area contributed by atoms with Gasteiger partial charge in [-0.25, -0.2) is 0 Å². The lowest BCUT2D eigenvalue weighted by Crippen LogP contribution is -2.35. The van der Waals surface area contributed by atoms with Gasteiger partial charge in [0.1, 0.15) is 0 Å². The van der Waals surface area contributed by atoms with Crippen molar-refractivity contribution < 1.29 is 28.8 Å². The van der Waals surface area contributed by atoms with Gasteiger partial charge in [0.2, 0.25) is 0 Å². The number of hydrogen-bond donors (Lipinski definition) is 1. The second-order valence-electron chi connectivity index (χ2n) is 6.06. The Bertz CT molecular complexity index is 279. The third-order valence-corrected chi connectivity index (χ3v) is 4.19. The normalized spacial score (nSPS) is 21.9. The van der Waals surface area contributed by atoms with E-state index in [1.54, 1.807) is 0 Å². The van der Waals surface area contributed by atoms with E-state index in [1.807, 2.05) is 0 Å². The largest absolute Gasteiger partial charge is 0.394 e. The van der Waals surface area contributed by atoms with Gasteiger partial charge in [0.25, 0.3) is 0 Å². The molecule has 1 aliphatic rings. The van der Waals surface area contributed by atoms with Gasteiger partial charge in [-0.1, -0.05) is 6.92 Å². The molecule has 8 nitrogen and oxygen atoms in total. The molecular weight excluding hydrogens is 340 g/mol. The first kappa shape index (κ1) is 23.7. The molecule has 156 valence electrons. The van der Waals surface area contributed by atoms with Crippen LogP contribution in [0.4, 0.5) is 0 Å². The third-order valence-electron chi connectivity index (χ3n) is 4.19. The first-order valence-corrected chi connectivity index (χ1v) is 9.81. The molecule has 26 heavy (non-hydrogen) atoms. The molecule has 1 rings (SSSR count). The van der Waals surface area contributed by atoms with E-state index in [0.717, 1.165) is 39.3 Å². The topological polar surface area (TPSA) is 72.9 Å². The lowest BCUT2D eigenvalue weighted by atomic mass is 10.4. The van der Waals surface area contributed by atoms with Gasteiger partial charge >= 0.3 is 0 Å². The maximum absolute atomic E-state index is 8.77. The van der Waals surface area contributed by atoms with Crippen molar-refractivity contribution >= 4 is 0 Å². The Morgan fingerprint density at radius 1 is 0.692 bits per heavy atom. The summed E-state index contributed by atoms with van der Waals surface area (Å²) in [7, 11) is 0. The van der Waals surface area contributed by atoms with E-state index in [-0.39, 0.29) is 6.61 Å². The summed E-state index contributed by atoms with van der Waals surface area (Å²) in [6.45, 7) is 13.7. The summed E-state index contributed by atoms with van der Waals surface area (Å²) in [5.74, 6) is 0. The summed E-state index contributed by atoms with van der Waals surface area (Å²) in [6, 6.07) is 0. The van der Waals surface area contributed by atoms with Crippen LogP contribution in [0.25, 0.3) is 0 Å². The van der Waals surface area contributed by atoms with Crippen LogP contribution in [0.2, 0.25) is 0 Å². The molecule has 0 atom stereocenters. The summed E-state index contributed by atoms with van der Waals surface area (Å²) in [4.78, 5) is 4.57. The zero-order valence-corrected chi connectivity index (χ0v) is 16.4. The standard InChI is InChI=1S/C18H38N2O6/c1-2-19-3-9-23-15-17-25-12-6-20(5-11-22-14-8-21)7-13-26-18-16-24-10-4-19/h21H,2-18H2,1H3. The molecule has 0 aromatic heterocycles. The first-order valence-electron chi connectivity index (χ1n) is 9.81. The average Bonchev–Trinajstić information content (AvgIpc) is 2.66. The molecule has 0 unspecified atom stereocenters. The van der Waals surface area contributed by atoms with Crippen molar-refractivity contribution in [3.05, 3.63) is 0 Å². The van der Waals surface area contributed by atoms with E-state index >= 15 is 0 Å². The van der Waals surface area contributed by atoms with E-state index in [9.17, 15) is 0 Å². The molecule has 0 amide bonds. The van der Waals surface area contributed by atoms with Gasteiger partial charge < -0.3 is 28.8 Å². The van der Waals surface area contributed by atoms with Gasteiger partial charge in [0.05, 0.1) is 72.7 Å². The van der Waals surface area contributed by atoms with Crippen LogP contribution in [0.3, 0.4) is 0 Å². The fourth-order valence-corrected chi connectivity index (χ4v) is 2.54. The van der Waals surface area contributed by atoms with E-state index in [4.69, 9.17) is 28.8 Å². The maximum Gasteiger partial charge on any atom is 0.0701 e. The molecule has 0 aromatic carbocycles. The van der Waals surface area contributed by atoms with Gasteiger partial charge in [-0.15, -0.1) is 0 Å². The molecule has 0 radical (unpaired) electrons. The van der Waals surface area contributed by atoms with E-state index in [2.05, 4.69) is 16.7 Å². The predicted octanol–water partition coefficient (Wildman–Crippen LogP) is -0.301. The zero-order chi connectivity index (χ0) is 18.7. The van der Waals surface area contributed by atoms with Crippen LogP contribution in [0, 0.1) is 0 Å². The quantitative estimate of drug-likeness (QED) is 0.632. The van der Waals surface area contributed by atoms with Gasteiger partial charge in [-0.05, 0) is 6.54 Å². The number of rotatable bonds is 6. The molecule has 1 saturated heterocycles. The average molecular weight is 379 g/mol. The predicted molar refractivity (Wildman–Crippen MR) is 99.7 cm³/mol. The van der Waals surface area contributed by atoms with Gasteiger partial charge in [0, 0.05) is 32.7 Å². The van der Waals surface area contributed by atoms with Crippen LogP contribution in [0.1, 0.15) is 6.92 Å². The van der Waals surface area contributed by atoms with E-state index in [1.165, 1.54) is 0 Å². The molecule has 1 N–H and O–H groups in total. The van der Waals surface area contributed by atoms with Crippen LogP contribution in [-0.4, -0.2) is 127 Å². The molecule has 0 aromatic rings. The number of hydrogen-bond acceptors (Lipinski definition) is 8. The Morgan fingerprint density at radius 2 is 1.15 bits per heavy atom. The number of nitrogens with zero attached hydrogens (tertiary/aromatic N) is 2. The number of ether oxygens (including phenoxy) is 5.